The second-order valence-electron chi connectivity index (χ2n) is 4.69. The molecule has 0 aliphatic carbocycles. The zero-order valence-corrected chi connectivity index (χ0v) is 11.4. The standard InChI is InChI=1S/C16H15F3O2/c1-21-14-4-2-3-11(9-14)10-15(20)12-5-7-13(8-6-12)16(17,18)19/h2-9,15,20H,10H2,1H3. The monoisotopic (exact) mass is 296 g/mol. The summed E-state index contributed by atoms with van der Waals surface area (Å²) in [5.74, 6) is 0.673. The number of benzene rings is 2. The summed E-state index contributed by atoms with van der Waals surface area (Å²) in [6.45, 7) is 0. The van der Waals surface area contributed by atoms with Crippen LogP contribution >= 0.6 is 0 Å². The highest BCUT2D eigenvalue weighted by atomic mass is 19.4. The van der Waals surface area contributed by atoms with Gasteiger partial charge in [-0.25, -0.2) is 0 Å². The molecule has 0 aliphatic heterocycles. The summed E-state index contributed by atoms with van der Waals surface area (Å²) in [4.78, 5) is 0. The van der Waals surface area contributed by atoms with Crippen LogP contribution in [0, 0.1) is 0 Å². The van der Waals surface area contributed by atoms with Gasteiger partial charge in [0.1, 0.15) is 5.75 Å². The average molecular weight is 296 g/mol. The molecule has 0 saturated carbocycles. The van der Waals surface area contributed by atoms with Gasteiger partial charge in [-0.1, -0.05) is 24.3 Å². The van der Waals surface area contributed by atoms with Gasteiger partial charge < -0.3 is 9.84 Å². The fourth-order valence-corrected chi connectivity index (χ4v) is 2.03. The Balaban J connectivity index is 2.11. The van der Waals surface area contributed by atoms with E-state index in [0.717, 1.165) is 17.7 Å². The third-order valence-electron chi connectivity index (χ3n) is 3.19. The predicted octanol–water partition coefficient (Wildman–Crippen LogP) is 3.99. The fourth-order valence-electron chi connectivity index (χ4n) is 2.03. The molecule has 0 bridgehead atoms. The first kappa shape index (κ1) is 15.4. The molecule has 0 heterocycles. The molecule has 0 amide bonds. The Morgan fingerprint density at radius 1 is 1.10 bits per heavy atom. The Bertz CT molecular complexity index is 591. The number of alkyl halides is 3. The van der Waals surface area contributed by atoms with E-state index in [-0.39, 0.29) is 0 Å². The maximum absolute atomic E-state index is 12.5. The third kappa shape index (κ3) is 3.98. The molecule has 0 saturated heterocycles. The van der Waals surface area contributed by atoms with E-state index >= 15 is 0 Å². The van der Waals surface area contributed by atoms with Gasteiger partial charge in [-0.15, -0.1) is 0 Å². The van der Waals surface area contributed by atoms with Crippen molar-refractivity contribution in [1.82, 2.24) is 0 Å². The molecule has 2 nitrogen and oxygen atoms in total. The number of aliphatic hydroxyl groups is 1. The van der Waals surface area contributed by atoms with Crippen molar-refractivity contribution in [3.05, 3.63) is 65.2 Å². The molecule has 112 valence electrons. The van der Waals surface area contributed by atoms with Crippen LogP contribution < -0.4 is 4.74 Å². The minimum absolute atomic E-state index is 0.308. The Hall–Kier alpha value is -2.01. The minimum atomic E-state index is -4.36. The van der Waals surface area contributed by atoms with Crippen molar-refractivity contribution < 1.29 is 23.0 Å². The van der Waals surface area contributed by atoms with Gasteiger partial charge in [0.15, 0.2) is 0 Å². The van der Waals surface area contributed by atoms with Crippen molar-refractivity contribution in [3.63, 3.8) is 0 Å². The predicted molar refractivity (Wildman–Crippen MR) is 73.1 cm³/mol. The van der Waals surface area contributed by atoms with E-state index in [9.17, 15) is 18.3 Å². The summed E-state index contributed by atoms with van der Waals surface area (Å²) in [5.41, 5.74) is 0.576. The molecule has 1 N–H and O–H groups in total. The van der Waals surface area contributed by atoms with Crippen LogP contribution in [-0.4, -0.2) is 12.2 Å². The van der Waals surface area contributed by atoms with Crippen LogP contribution in [0.3, 0.4) is 0 Å². The fraction of sp³-hybridized carbons (Fsp3) is 0.250. The summed E-state index contributed by atoms with van der Waals surface area (Å²) < 4.78 is 42.5. The van der Waals surface area contributed by atoms with Gasteiger partial charge in [0.2, 0.25) is 0 Å². The summed E-state index contributed by atoms with van der Waals surface area (Å²) >= 11 is 0. The summed E-state index contributed by atoms with van der Waals surface area (Å²) in [6, 6.07) is 11.8. The molecule has 0 spiro atoms. The lowest BCUT2D eigenvalue weighted by atomic mass is 10.00. The molecule has 0 aromatic heterocycles. The van der Waals surface area contributed by atoms with Crippen molar-refractivity contribution in [3.8, 4) is 5.75 Å². The Kier molecular flexibility index (Phi) is 4.53. The number of aliphatic hydroxyl groups excluding tert-OH is 1. The molecule has 2 aromatic rings. The summed E-state index contributed by atoms with van der Waals surface area (Å²) in [6.07, 6.45) is -4.92. The number of ether oxygens (including phenoxy) is 1. The van der Waals surface area contributed by atoms with Crippen molar-refractivity contribution in [1.29, 1.82) is 0 Å². The third-order valence-corrected chi connectivity index (χ3v) is 3.19. The van der Waals surface area contributed by atoms with Crippen LogP contribution in [0.4, 0.5) is 13.2 Å². The number of hydrogen-bond donors (Lipinski definition) is 1. The van der Waals surface area contributed by atoms with Gasteiger partial charge in [-0.3, -0.25) is 0 Å². The van der Waals surface area contributed by atoms with Gasteiger partial charge in [-0.2, -0.15) is 13.2 Å². The van der Waals surface area contributed by atoms with E-state index in [2.05, 4.69) is 0 Å². The largest absolute Gasteiger partial charge is 0.497 e. The van der Waals surface area contributed by atoms with Gasteiger partial charge in [0, 0.05) is 6.42 Å². The number of halogens is 3. The van der Waals surface area contributed by atoms with Crippen molar-refractivity contribution in [2.24, 2.45) is 0 Å². The SMILES string of the molecule is COc1cccc(CC(O)c2ccc(C(F)(F)F)cc2)c1. The second kappa shape index (κ2) is 6.18. The molecule has 2 aromatic carbocycles. The molecule has 2 rings (SSSR count). The van der Waals surface area contributed by atoms with Gasteiger partial charge in [0.25, 0.3) is 0 Å². The van der Waals surface area contributed by atoms with Gasteiger partial charge in [0.05, 0.1) is 18.8 Å². The van der Waals surface area contributed by atoms with E-state index in [0.29, 0.717) is 17.7 Å². The van der Waals surface area contributed by atoms with Crippen molar-refractivity contribution in [2.45, 2.75) is 18.7 Å². The molecule has 1 unspecified atom stereocenters. The van der Waals surface area contributed by atoms with Crippen LogP contribution in [0.25, 0.3) is 0 Å². The molecule has 5 heteroatoms. The highest BCUT2D eigenvalue weighted by Gasteiger charge is 2.30. The zero-order valence-electron chi connectivity index (χ0n) is 11.4. The smallest absolute Gasteiger partial charge is 0.416 e. The summed E-state index contributed by atoms with van der Waals surface area (Å²) in [5, 5.41) is 10.1. The lowest BCUT2D eigenvalue weighted by Gasteiger charge is -2.13. The molecule has 21 heavy (non-hydrogen) atoms. The van der Waals surface area contributed by atoms with Gasteiger partial charge >= 0.3 is 6.18 Å². The Labute approximate surface area is 120 Å². The van der Waals surface area contributed by atoms with E-state index in [4.69, 9.17) is 4.74 Å². The highest BCUT2D eigenvalue weighted by molar-refractivity contribution is 5.31. The first-order valence-electron chi connectivity index (χ1n) is 6.38. The van der Waals surface area contributed by atoms with E-state index in [1.807, 2.05) is 6.07 Å². The maximum atomic E-state index is 12.5. The Morgan fingerprint density at radius 2 is 1.76 bits per heavy atom. The van der Waals surface area contributed by atoms with Crippen LogP contribution in [0.5, 0.6) is 5.75 Å². The van der Waals surface area contributed by atoms with E-state index in [1.165, 1.54) is 12.1 Å². The Morgan fingerprint density at radius 3 is 2.33 bits per heavy atom. The lowest BCUT2D eigenvalue weighted by Crippen LogP contribution is -2.06. The van der Waals surface area contributed by atoms with Crippen LogP contribution in [0.15, 0.2) is 48.5 Å². The maximum Gasteiger partial charge on any atom is 0.416 e. The van der Waals surface area contributed by atoms with Gasteiger partial charge in [-0.05, 0) is 35.4 Å². The zero-order chi connectivity index (χ0) is 15.5. The van der Waals surface area contributed by atoms with E-state index in [1.54, 1.807) is 25.3 Å². The summed E-state index contributed by atoms with van der Waals surface area (Å²) in [7, 11) is 1.55. The number of methoxy groups -OCH3 is 1. The first-order chi connectivity index (χ1) is 9.90. The molecular formula is C16H15F3O2. The normalized spacial score (nSPS) is 13.0. The van der Waals surface area contributed by atoms with Crippen molar-refractivity contribution in [2.75, 3.05) is 7.11 Å². The topological polar surface area (TPSA) is 29.5 Å². The van der Waals surface area contributed by atoms with Crippen molar-refractivity contribution >= 4 is 0 Å². The first-order valence-corrected chi connectivity index (χ1v) is 6.38. The van der Waals surface area contributed by atoms with E-state index < -0.39 is 17.8 Å². The van der Waals surface area contributed by atoms with Crippen LogP contribution in [0.1, 0.15) is 22.8 Å². The molecule has 0 aliphatic rings. The minimum Gasteiger partial charge on any atom is -0.497 e. The number of rotatable bonds is 4. The molecule has 0 radical (unpaired) electrons. The van der Waals surface area contributed by atoms with Crippen LogP contribution in [0.2, 0.25) is 0 Å². The lowest BCUT2D eigenvalue weighted by molar-refractivity contribution is -0.137. The highest BCUT2D eigenvalue weighted by Crippen LogP contribution is 2.30. The molecule has 1 atom stereocenters. The van der Waals surface area contributed by atoms with Crippen LogP contribution in [-0.2, 0) is 12.6 Å². The second-order valence-corrected chi connectivity index (χ2v) is 4.69. The molecule has 0 fully saturated rings. The quantitative estimate of drug-likeness (QED) is 0.924. The average Bonchev–Trinajstić information content (AvgIpc) is 2.46. The number of hydrogen-bond acceptors (Lipinski definition) is 2. The molecular weight excluding hydrogens is 281 g/mol.